The molecule has 2 saturated heterocycles. The molecular formula is C28H37N7O. The molecule has 8 heteroatoms. The third-order valence-electron chi connectivity index (χ3n) is 8.57. The number of hydrogen-bond acceptors (Lipinski definition) is 6. The van der Waals surface area contributed by atoms with Gasteiger partial charge in [-0.2, -0.15) is 19.6 Å². The van der Waals surface area contributed by atoms with Gasteiger partial charge in [-0.25, -0.2) is 0 Å². The molecule has 6 rings (SSSR count). The Morgan fingerprint density at radius 2 is 1.78 bits per heavy atom. The van der Waals surface area contributed by atoms with Crippen LogP contribution in [0, 0.1) is 5.41 Å². The first-order chi connectivity index (χ1) is 17.5. The number of amides is 1. The first-order valence-electron chi connectivity index (χ1n) is 13.7. The summed E-state index contributed by atoms with van der Waals surface area (Å²) >= 11 is 0. The Morgan fingerprint density at radius 1 is 1.00 bits per heavy atom. The van der Waals surface area contributed by atoms with E-state index >= 15 is 0 Å². The van der Waals surface area contributed by atoms with Crippen molar-refractivity contribution in [2.75, 3.05) is 34.8 Å². The quantitative estimate of drug-likeness (QED) is 0.518. The Balaban J connectivity index is 1.30. The van der Waals surface area contributed by atoms with Gasteiger partial charge in [0.25, 0.3) is 0 Å². The van der Waals surface area contributed by atoms with Gasteiger partial charge in [0.2, 0.25) is 17.8 Å². The molecule has 1 aliphatic carbocycles. The zero-order chi connectivity index (χ0) is 24.7. The summed E-state index contributed by atoms with van der Waals surface area (Å²) in [5.41, 5.74) is 4.63. The first-order valence-corrected chi connectivity index (χ1v) is 13.7. The maximum Gasteiger partial charge on any atom is 0.230 e. The Labute approximate surface area is 213 Å². The van der Waals surface area contributed by atoms with E-state index in [1.54, 1.807) is 0 Å². The number of benzene rings is 1. The predicted octanol–water partition coefficient (Wildman–Crippen LogP) is 5.15. The summed E-state index contributed by atoms with van der Waals surface area (Å²) in [6.07, 6.45) is 11.5. The molecule has 1 spiro atoms. The largest absolute Gasteiger partial charge is 0.350 e. The van der Waals surface area contributed by atoms with Crippen molar-refractivity contribution >= 4 is 29.1 Å². The van der Waals surface area contributed by atoms with E-state index < -0.39 is 0 Å². The molecule has 1 aromatic carbocycles. The average molecular weight is 488 g/mol. The topological polar surface area (TPSA) is 78.7 Å². The summed E-state index contributed by atoms with van der Waals surface area (Å²) in [6.45, 7) is 7.73. The van der Waals surface area contributed by atoms with Crippen LogP contribution in [0.2, 0.25) is 0 Å². The maximum absolute atomic E-state index is 12.4. The molecule has 0 unspecified atom stereocenters. The highest BCUT2D eigenvalue weighted by Crippen LogP contribution is 2.46. The van der Waals surface area contributed by atoms with Crippen LogP contribution < -0.4 is 15.1 Å². The number of para-hydroxylation sites is 1. The van der Waals surface area contributed by atoms with Crippen LogP contribution in [0.3, 0.4) is 0 Å². The molecule has 1 N–H and O–H groups in total. The van der Waals surface area contributed by atoms with Gasteiger partial charge in [-0.3, -0.25) is 4.79 Å². The van der Waals surface area contributed by atoms with Crippen LogP contribution in [0.4, 0.5) is 17.6 Å². The van der Waals surface area contributed by atoms with E-state index in [1.807, 2.05) is 33.8 Å². The Morgan fingerprint density at radius 3 is 2.50 bits per heavy atom. The van der Waals surface area contributed by atoms with Crippen LogP contribution in [0.25, 0.3) is 5.65 Å². The molecule has 1 amide bonds. The minimum Gasteiger partial charge on any atom is -0.350 e. The Kier molecular flexibility index (Phi) is 6.05. The van der Waals surface area contributed by atoms with E-state index in [0.29, 0.717) is 30.2 Å². The van der Waals surface area contributed by atoms with Gasteiger partial charge in [0.15, 0.2) is 5.65 Å². The average Bonchev–Trinajstić information content (AvgIpc) is 3.63. The number of carbonyl (C=O) groups excluding carboxylic acids is 1. The molecular weight excluding hydrogens is 450 g/mol. The highest BCUT2D eigenvalue weighted by atomic mass is 16.2. The van der Waals surface area contributed by atoms with Crippen LogP contribution >= 0.6 is 0 Å². The number of piperidine rings is 1. The van der Waals surface area contributed by atoms with E-state index in [0.717, 1.165) is 54.5 Å². The lowest BCUT2D eigenvalue weighted by Crippen LogP contribution is -2.40. The van der Waals surface area contributed by atoms with Gasteiger partial charge in [-0.1, -0.05) is 44.9 Å². The normalized spacial score (nSPS) is 19.8. The van der Waals surface area contributed by atoms with Gasteiger partial charge in [-0.15, -0.1) is 0 Å². The molecule has 0 bridgehead atoms. The molecule has 3 fully saturated rings. The Bertz CT molecular complexity index is 1250. The van der Waals surface area contributed by atoms with Crippen LogP contribution in [0.5, 0.6) is 0 Å². The molecule has 8 nitrogen and oxygen atoms in total. The van der Waals surface area contributed by atoms with Crippen molar-refractivity contribution in [3.05, 3.63) is 41.6 Å². The fourth-order valence-electron chi connectivity index (χ4n) is 6.35. The van der Waals surface area contributed by atoms with Crippen molar-refractivity contribution in [2.45, 2.75) is 77.7 Å². The van der Waals surface area contributed by atoms with Crippen molar-refractivity contribution in [2.24, 2.45) is 5.41 Å². The van der Waals surface area contributed by atoms with Gasteiger partial charge in [0.1, 0.15) is 0 Å². The van der Waals surface area contributed by atoms with Gasteiger partial charge in [-0.05, 0) is 55.1 Å². The number of aromatic nitrogens is 4. The van der Waals surface area contributed by atoms with E-state index in [2.05, 4.69) is 35.2 Å². The number of nitrogens with zero attached hydrogens (tertiary/aromatic N) is 6. The standard InChI is InChI=1S/C28H37N7O/c1-20(2)22-19-30-35-25(22)31-27(33-16-13-28(14-17-33)11-5-6-12-28)32-26(35)29-18-21-8-3-4-9-23(21)34-15-7-10-24(34)36/h3-4,8-9,19-20H,5-7,10-18H2,1-2H3,(H,29,31,32). The number of nitrogens with one attached hydrogen (secondary N) is 1. The third kappa shape index (κ3) is 4.20. The van der Waals surface area contributed by atoms with Gasteiger partial charge in [0.05, 0.1) is 6.20 Å². The lowest BCUT2D eigenvalue weighted by atomic mass is 9.77. The highest BCUT2D eigenvalue weighted by molar-refractivity contribution is 5.96. The third-order valence-corrected chi connectivity index (χ3v) is 8.57. The number of hydrogen-bond donors (Lipinski definition) is 1. The summed E-state index contributed by atoms with van der Waals surface area (Å²) in [7, 11) is 0. The van der Waals surface area contributed by atoms with Crippen molar-refractivity contribution < 1.29 is 4.79 Å². The Hall–Kier alpha value is -3.16. The summed E-state index contributed by atoms with van der Waals surface area (Å²) in [6, 6.07) is 8.15. The van der Waals surface area contributed by atoms with Gasteiger partial charge < -0.3 is 15.1 Å². The molecule has 4 heterocycles. The lowest BCUT2D eigenvalue weighted by molar-refractivity contribution is -0.117. The second kappa shape index (κ2) is 9.37. The molecule has 3 aliphatic rings. The number of carbonyl (C=O) groups is 1. The number of fused-ring (bicyclic) bond motifs is 1. The van der Waals surface area contributed by atoms with Crippen molar-refractivity contribution in [1.29, 1.82) is 0 Å². The molecule has 2 aromatic heterocycles. The number of rotatable bonds is 6. The van der Waals surface area contributed by atoms with Crippen molar-refractivity contribution in [3.8, 4) is 0 Å². The predicted molar refractivity (Wildman–Crippen MR) is 143 cm³/mol. The molecule has 190 valence electrons. The zero-order valence-electron chi connectivity index (χ0n) is 21.5. The lowest BCUT2D eigenvalue weighted by Gasteiger charge is -2.39. The monoisotopic (exact) mass is 487 g/mol. The van der Waals surface area contributed by atoms with Crippen LogP contribution in [-0.2, 0) is 11.3 Å². The smallest absolute Gasteiger partial charge is 0.230 e. The SMILES string of the molecule is CC(C)c1cnn2c(NCc3ccccc3N3CCCC3=O)nc(N3CCC4(CCCC4)CC3)nc12. The van der Waals surface area contributed by atoms with E-state index in [1.165, 1.54) is 38.5 Å². The molecule has 3 aromatic rings. The number of anilines is 3. The summed E-state index contributed by atoms with van der Waals surface area (Å²) < 4.78 is 1.84. The molecule has 0 radical (unpaired) electrons. The summed E-state index contributed by atoms with van der Waals surface area (Å²) in [5, 5.41) is 8.20. The van der Waals surface area contributed by atoms with Crippen molar-refractivity contribution in [3.63, 3.8) is 0 Å². The second-order valence-corrected chi connectivity index (χ2v) is 11.2. The maximum atomic E-state index is 12.4. The van der Waals surface area contributed by atoms with E-state index in [-0.39, 0.29) is 5.91 Å². The van der Waals surface area contributed by atoms with Gasteiger partial charge in [0, 0.05) is 43.9 Å². The molecule has 2 aliphatic heterocycles. The zero-order valence-corrected chi connectivity index (χ0v) is 21.5. The first kappa shape index (κ1) is 23.3. The summed E-state index contributed by atoms with van der Waals surface area (Å²) in [4.78, 5) is 26.7. The highest BCUT2D eigenvalue weighted by Gasteiger charge is 2.37. The molecule has 36 heavy (non-hydrogen) atoms. The fraction of sp³-hybridized carbons (Fsp3) is 0.571. The van der Waals surface area contributed by atoms with E-state index in [4.69, 9.17) is 9.97 Å². The minimum absolute atomic E-state index is 0.202. The van der Waals surface area contributed by atoms with Gasteiger partial charge >= 0.3 is 0 Å². The van der Waals surface area contributed by atoms with Crippen molar-refractivity contribution in [1.82, 2.24) is 19.6 Å². The van der Waals surface area contributed by atoms with Crippen LogP contribution in [-0.4, -0.2) is 45.1 Å². The van der Waals surface area contributed by atoms with Crippen LogP contribution in [0.1, 0.15) is 82.3 Å². The molecule has 1 saturated carbocycles. The summed E-state index contributed by atoms with van der Waals surface area (Å²) in [5.74, 6) is 2.02. The minimum atomic E-state index is 0.202. The van der Waals surface area contributed by atoms with E-state index in [9.17, 15) is 4.79 Å². The molecule has 0 atom stereocenters. The van der Waals surface area contributed by atoms with Crippen LogP contribution in [0.15, 0.2) is 30.5 Å². The second-order valence-electron chi connectivity index (χ2n) is 11.2. The fourth-order valence-corrected chi connectivity index (χ4v) is 6.35.